The fourth-order valence-corrected chi connectivity index (χ4v) is 1.46. The fourth-order valence-electron chi connectivity index (χ4n) is 1.46. The van der Waals surface area contributed by atoms with Gasteiger partial charge >= 0.3 is 6.18 Å². The van der Waals surface area contributed by atoms with Gasteiger partial charge in [-0.15, -0.1) is 0 Å². The largest absolute Gasteiger partial charge is 0.418 e. The zero-order valence-corrected chi connectivity index (χ0v) is 9.73. The van der Waals surface area contributed by atoms with Gasteiger partial charge in [-0.2, -0.15) is 13.2 Å². The normalized spacial score (nSPS) is 13.5. The summed E-state index contributed by atoms with van der Waals surface area (Å²) in [6, 6.07) is 3.61. The number of hydrogen-bond donors (Lipinski definition) is 2. The third kappa shape index (κ3) is 2.99. The Bertz CT molecular complexity index is 424. The van der Waals surface area contributed by atoms with Crippen LogP contribution < -0.4 is 5.73 Å². The Morgan fingerprint density at radius 2 is 2.00 bits per heavy atom. The van der Waals surface area contributed by atoms with Crippen LogP contribution in [0.3, 0.4) is 0 Å². The summed E-state index contributed by atoms with van der Waals surface area (Å²) in [5.74, 6) is -0.0697. The Morgan fingerprint density at radius 1 is 1.41 bits per heavy atom. The summed E-state index contributed by atoms with van der Waals surface area (Å²) < 4.78 is 37.9. The Labute approximate surface area is 98.1 Å². The number of nitrogen functional groups attached to an aromatic ring is 1. The molecule has 0 heterocycles. The first kappa shape index (κ1) is 13.5. The quantitative estimate of drug-likeness (QED) is 0.618. The van der Waals surface area contributed by atoms with E-state index in [1.165, 1.54) is 12.1 Å². The zero-order valence-electron chi connectivity index (χ0n) is 9.73. The van der Waals surface area contributed by atoms with Crippen LogP contribution in [0.25, 0.3) is 0 Å². The predicted molar refractivity (Wildman–Crippen MR) is 62.1 cm³/mol. The molecule has 0 aliphatic rings. The summed E-state index contributed by atoms with van der Waals surface area (Å²) in [7, 11) is 0. The molecular formula is C12H15F3N2. The zero-order chi connectivity index (χ0) is 13.2. The molecule has 1 atom stereocenters. The number of benzene rings is 1. The van der Waals surface area contributed by atoms with Crippen LogP contribution in [0.4, 0.5) is 18.9 Å². The monoisotopic (exact) mass is 244 g/mol. The van der Waals surface area contributed by atoms with Crippen molar-refractivity contribution in [2.45, 2.75) is 26.4 Å². The lowest BCUT2D eigenvalue weighted by molar-refractivity contribution is -0.136. The Morgan fingerprint density at radius 3 is 2.47 bits per heavy atom. The Balaban J connectivity index is 3.18. The van der Waals surface area contributed by atoms with E-state index < -0.39 is 11.7 Å². The lowest BCUT2D eigenvalue weighted by Crippen LogP contribution is -2.14. The molecule has 0 fully saturated rings. The molecule has 0 saturated carbocycles. The minimum Gasteiger partial charge on any atom is -0.398 e. The van der Waals surface area contributed by atoms with Gasteiger partial charge in [-0.1, -0.05) is 19.9 Å². The molecule has 1 rings (SSSR count). The van der Waals surface area contributed by atoms with Crippen molar-refractivity contribution >= 4 is 11.4 Å². The van der Waals surface area contributed by atoms with Gasteiger partial charge in [-0.05, 0) is 30.0 Å². The highest BCUT2D eigenvalue weighted by molar-refractivity contribution is 6.00. The second-order valence-electron chi connectivity index (χ2n) is 4.02. The number of nitrogens with one attached hydrogen (secondary N) is 1. The molecule has 2 nitrogen and oxygen atoms in total. The molecule has 0 aliphatic carbocycles. The van der Waals surface area contributed by atoms with Gasteiger partial charge in [0.1, 0.15) is 0 Å². The summed E-state index contributed by atoms with van der Waals surface area (Å²) in [6.45, 7) is 3.70. The minimum atomic E-state index is -4.48. The van der Waals surface area contributed by atoms with E-state index in [1.54, 1.807) is 0 Å². The smallest absolute Gasteiger partial charge is 0.398 e. The fraction of sp³-hybridized carbons (Fsp3) is 0.417. The molecule has 0 radical (unpaired) electrons. The van der Waals surface area contributed by atoms with Gasteiger partial charge in [0.05, 0.1) is 5.56 Å². The predicted octanol–water partition coefficient (Wildman–Crippen LogP) is 3.70. The van der Waals surface area contributed by atoms with Crippen molar-refractivity contribution < 1.29 is 13.2 Å². The molecule has 94 valence electrons. The van der Waals surface area contributed by atoms with Crippen molar-refractivity contribution in [2.75, 3.05) is 5.73 Å². The first-order chi connectivity index (χ1) is 7.77. The maximum Gasteiger partial charge on any atom is 0.418 e. The highest BCUT2D eigenvalue weighted by atomic mass is 19.4. The van der Waals surface area contributed by atoms with Crippen LogP contribution in [0.1, 0.15) is 31.4 Å². The molecule has 5 heteroatoms. The molecule has 0 saturated heterocycles. The first-order valence-electron chi connectivity index (χ1n) is 5.33. The standard InChI is InChI=1S/C12H15F3N2/c1-3-7(2)11(17)8-4-5-10(16)9(6-8)12(13,14)15/h4-7,17H,3,16H2,1-2H3/t7-/m0/s1. The SMILES string of the molecule is CC[C@H](C)C(=N)c1ccc(N)c(C(F)(F)F)c1. The number of halogens is 3. The van der Waals surface area contributed by atoms with E-state index in [0.29, 0.717) is 6.42 Å². The van der Waals surface area contributed by atoms with Gasteiger partial charge in [0.25, 0.3) is 0 Å². The van der Waals surface area contributed by atoms with Gasteiger partial charge in [0, 0.05) is 11.4 Å². The summed E-state index contributed by atoms with van der Waals surface area (Å²) >= 11 is 0. The van der Waals surface area contributed by atoms with Crippen LogP contribution in [-0.4, -0.2) is 5.71 Å². The topological polar surface area (TPSA) is 49.9 Å². The van der Waals surface area contributed by atoms with Crippen LogP contribution in [0, 0.1) is 11.3 Å². The van der Waals surface area contributed by atoms with Crippen LogP contribution in [0.2, 0.25) is 0 Å². The van der Waals surface area contributed by atoms with Crippen LogP contribution in [-0.2, 0) is 6.18 Å². The summed E-state index contributed by atoms with van der Waals surface area (Å²) in [5, 5.41) is 7.80. The van der Waals surface area contributed by atoms with Crippen molar-refractivity contribution in [3.05, 3.63) is 29.3 Å². The number of alkyl halides is 3. The van der Waals surface area contributed by atoms with Crippen molar-refractivity contribution in [2.24, 2.45) is 5.92 Å². The molecule has 1 aromatic rings. The van der Waals surface area contributed by atoms with Gasteiger partial charge in [-0.3, -0.25) is 0 Å². The van der Waals surface area contributed by atoms with Crippen molar-refractivity contribution in [3.63, 3.8) is 0 Å². The molecular weight excluding hydrogens is 229 g/mol. The highest BCUT2D eigenvalue weighted by Gasteiger charge is 2.33. The average Bonchev–Trinajstić information content (AvgIpc) is 2.26. The van der Waals surface area contributed by atoms with Gasteiger partial charge in [0.2, 0.25) is 0 Å². The number of nitrogens with two attached hydrogens (primary N) is 1. The first-order valence-corrected chi connectivity index (χ1v) is 5.33. The van der Waals surface area contributed by atoms with Crippen molar-refractivity contribution in [1.29, 1.82) is 5.41 Å². The molecule has 0 spiro atoms. The second-order valence-corrected chi connectivity index (χ2v) is 4.02. The Kier molecular flexibility index (Phi) is 3.80. The van der Waals surface area contributed by atoms with Crippen LogP contribution in [0.15, 0.2) is 18.2 Å². The minimum absolute atomic E-state index is 0.0697. The van der Waals surface area contributed by atoms with E-state index in [1.807, 2.05) is 13.8 Å². The third-order valence-corrected chi connectivity index (χ3v) is 2.77. The molecule has 3 N–H and O–H groups in total. The molecule has 0 aromatic heterocycles. The van der Waals surface area contributed by atoms with E-state index in [0.717, 1.165) is 6.07 Å². The maximum absolute atomic E-state index is 12.6. The molecule has 0 amide bonds. The lowest BCUT2D eigenvalue weighted by Gasteiger charge is -2.15. The van der Waals surface area contributed by atoms with Crippen LogP contribution >= 0.6 is 0 Å². The number of hydrogen-bond acceptors (Lipinski definition) is 2. The molecule has 0 aliphatic heterocycles. The van der Waals surface area contributed by atoms with Crippen LogP contribution in [0.5, 0.6) is 0 Å². The van der Waals surface area contributed by atoms with E-state index >= 15 is 0 Å². The summed E-state index contributed by atoms with van der Waals surface area (Å²) in [5.41, 5.74) is 4.60. The van der Waals surface area contributed by atoms with E-state index in [4.69, 9.17) is 11.1 Å². The molecule has 0 bridgehead atoms. The third-order valence-electron chi connectivity index (χ3n) is 2.77. The van der Waals surface area contributed by atoms with Crippen molar-refractivity contribution in [3.8, 4) is 0 Å². The second kappa shape index (κ2) is 4.77. The number of rotatable bonds is 3. The van der Waals surface area contributed by atoms with E-state index in [9.17, 15) is 13.2 Å². The van der Waals surface area contributed by atoms with Gasteiger partial charge < -0.3 is 11.1 Å². The maximum atomic E-state index is 12.6. The molecule has 17 heavy (non-hydrogen) atoms. The van der Waals surface area contributed by atoms with Gasteiger partial charge in [-0.25, -0.2) is 0 Å². The highest BCUT2D eigenvalue weighted by Crippen LogP contribution is 2.34. The summed E-state index contributed by atoms with van der Waals surface area (Å²) in [6.07, 6.45) is -3.76. The van der Waals surface area contributed by atoms with E-state index in [2.05, 4.69) is 0 Å². The lowest BCUT2D eigenvalue weighted by atomic mass is 9.94. The average molecular weight is 244 g/mol. The molecule has 0 unspecified atom stereocenters. The summed E-state index contributed by atoms with van der Waals surface area (Å²) in [4.78, 5) is 0. The number of anilines is 1. The van der Waals surface area contributed by atoms with E-state index in [-0.39, 0.29) is 22.9 Å². The van der Waals surface area contributed by atoms with Crippen molar-refractivity contribution in [1.82, 2.24) is 0 Å². The van der Waals surface area contributed by atoms with Gasteiger partial charge in [0.15, 0.2) is 0 Å². The Hall–Kier alpha value is -1.52. The molecule has 1 aromatic carbocycles.